The van der Waals surface area contributed by atoms with Crippen LogP contribution in [-0.2, 0) is 4.74 Å². The molecule has 1 fully saturated rings. The quantitative estimate of drug-likeness (QED) is 0.841. The summed E-state index contributed by atoms with van der Waals surface area (Å²) in [6.07, 6.45) is 1.08. The minimum absolute atomic E-state index is 0.0704. The lowest BCUT2D eigenvalue weighted by Crippen LogP contribution is -2.43. The highest BCUT2D eigenvalue weighted by atomic mass is 19.1. The Kier molecular flexibility index (Phi) is 3.26. The Balaban J connectivity index is 2.02. The van der Waals surface area contributed by atoms with Crippen LogP contribution < -0.4 is 5.32 Å². The number of pyridine rings is 1. The molecule has 94 valence electrons. The van der Waals surface area contributed by atoms with Gasteiger partial charge < -0.3 is 15.2 Å². The second-order valence-corrected chi connectivity index (χ2v) is 4.20. The van der Waals surface area contributed by atoms with Gasteiger partial charge in [0.05, 0.1) is 12.3 Å². The van der Waals surface area contributed by atoms with E-state index in [0.717, 1.165) is 12.3 Å². The van der Waals surface area contributed by atoms with Crippen molar-refractivity contribution in [3.05, 3.63) is 23.9 Å². The van der Waals surface area contributed by atoms with E-state index in [-0.39, 0.29) is 18.5 Å². The third-order valence-electron chi connectivity index (χ3n) is 3.03. The summed E-state index contributed by atoms with van der Waals surface area (Å²) < 4.78 is 31.1. The lowest BCUT2D eigenvalue weighted by atomic mass is 9.97. The first kappa shape index (κ1) is 12.2. The molecular weight excluding hydrogens is 230 g/mol. The van der Waals surface area contributed by atoms with Crippen LogP contribution in [-0.4, -0.2) is 34.9 Å². The Morgan fingerprint density at radius 3 is 3.00 bits per heavy atom. The Labute approximate surface area is 97.6 Å². The van der Waals surface area contributed by atoms with Crippen molar-refractivity contribution < 1.29 is 18.6 Å². The van der Waals surface area contributed by atoms with Gasteiger partial charge in [-0.05, 0) is 6.92 Å². The third kappa shape index (κ3) is 2.53. The first-order valence-electron chi connectivity index (χ1n) is 5.40. The summed E-state index contributed by atoms with van der Waals surface area (Å²) >= 11 is 0. The minimum Gasteiger partial charge on any atom is -0.385 e. The fourth-order valence-electron chi connectivity index (χ4n) is 1.78. The zero-order chi connectivity index (χ0) is 12.5. The molecule has 0 bridgehead atoms. The molecule has 17 heavy (non-hydrogen) atoms. The summed E-state index contributed by atoms with van der Waals surface area (Å²) in [7, 11) is 0. The van der Waals surface area contributed by atoms with Gasteiger partial charge in [-0.2, -0.15) is 0 Å². The number of aliphatic hydroxyl groups is 1. The molecule has 2 unspecified atom stereocenters. The molecule has 0 saturated carbocycles. The van der Waals surface area contributed by atoms with Crippen LogP contribution in [0, 0.1) is 11.6 Å². The predicted molar refractivity (Wildman–Crippen MR) is 57.6 cm³/mol. The molecule has 1 aromatic heterocycles. The summed E-state index contributed by atoms with van der Waals surface area (Å²) in [5.41, 5.74) is -1.04. The smallest absolute Gasteiger partial charge is 0.168 e. The molecule has 4 nitrogen and oxygen atoms in total. The van der Waals surface area contributed by atoms with Crippen molar-refractivity contribution in [1.82, 2.24) is 4.98 Å². The van der Waals surface area contributed by atoms with Crippen LogP contribution in [0.5, 0.6) is 0 Å². The molecule has 0 amide bonds. The zero-order valence-corrected chi connectivity index (χ0v) is 9.41. The van der Waals surface area contributed by atoms with Gasteiger partial charge in [0, 0.05) is 25.6 Å². The van der Waals surface area contributed by atoms with E-state index in [2.05, 4.69) is 10.3 Å². The van der Waals surface area contributed by atoms with E-state index in [0.29, 0.717) is 13.0 Å². The van der Waals surface area contributed by atoms with E-state index >= 15 is 0 Å². The Morgan fingerprint density at radius 2 is 2.41 bits per heavy atom. The second kappa shape index (κ2) is 4.54. The van der Waals surface area contributed by atoms with E-state index in [4.69, 9.17) is 4.74 Å². The van der Waals surface area contributed by atoms with Gasteiger partial charge in [0.2, 0.25) is 0 Å². The highest BCUT2D eigenvalue weighted by Gasteiger charge is 2.39. The zero-order valence-electron chi connectivity index (χ0n) is 9.41. The Hall–Kier alpha value is -1.27. The average Bonchev–Trinajstić information content (AvgIpc) is 2.59. The van der Waals surface area contributed by atoms with Gasteiger partial charge in [-0.25, -0.2) is 13.8 Å². The number of nitrogens with one attached hydrogen (secondary N) is 1. The monoisotopic (exact) mass is 244 g/mol. The van der Waals surface area contributed by atoms with E-state index in [1.807, 2.05) is 0 Å². The van der Waals surface area contributed by atoms with Crippen LogP contribution in [0.15, 0.2) is 12.3 Å². The van der Waals surface area contributed by atoms with Crippen molar-refractivity contribution in [1.29, 1.82) is 0 Å². The van der Waals surface area contributed by atoms with Gasteiger partial charge in [-0.15, -0.1) is 0 Å². The van der Waals surface area contributed by atoms with Crippen LogP contribution in [0.3, 0.4) is 0 Å². The lowest BCUT2D eigenvalue weighted by Gasteiger charge is -2.26. The number of aromatic nitrogens is 1. The molecule has 1 saturated heterocycles. The highest BCUT2D eigenvalue weighted by Crippen LogP contribution is 2.26. The molecule has 0 radical (unpaired) electrons. The summed E-state index contributed by atoms with van der Waals surface area (Å²) in [6, 6.07) is 0.744. The van der Waals surface area contributed by atoms with Crippen molar-refractivity contribution in [2.24, 2.45) is 0 Å². The average molecular weight is 244 g/mol. The molecular formula is C11H14F2N2O2. The van der Waals surface area contributed by atoms with Crippen LogP contribution in [0.1, 0.15) is 13.3 Å². The van der Waals surface area contributed by atoms with Crippen molar-refractivity contribution in [2.45, 2.75) is 25.0 Å². The van der Waals surface area contributed by atoms with Crippen LogP contribution >= 0.6 is 0 Å². The van der Waals surface area contributed by atoms with Gasteiger partial charge in [-0.3, -0.25) is 0 Å². The maximum absolute atomic E-state index is 13.3. The maximum Gasteiger partial charge on any atom is 0.168 e. The van der Waals surface area contributed by atoms with Gasteiger partial charge >= 0.3 is 0 Å². The number of halogens is 2. The van der Waals surface area contributed by atoms with E-state index < -0.39 is 17.2 Å². The maximum atomic E-state index is 13.3. The van der Waals surface area contributed by atoms with Crippen LogP contribution in [0.2, 0.25) is 0 Å². The normalized spacial score (nSPS) is 28.4. The lowest BCUT2D eigenvalue weighted by molar-refractivity contribution is -0.0176. The molecule has 1 aliphatic heterocycles. The fraction of sp³-hybridized carbons (Fsp3) is 0.545. The van der Waals surface area contributed by atoms with E-state index in [9.17, 15) is 13.9 Å². The summed E-state index contributed by atoms with van der Waals surface area (Å²) in [5, 5.41) is 12.8. The van der Waals surface area contributed by atoms with E-state index in [1.54, 1.807) is 6.92 Å². The van der Waals surface area contributed by atoms with Gasteiger partial charge in [-0.1, -0.05) is 0 Å². The van der Waals surface area contributed by atoms with Crippen molar-refractivity contribution in [3.8, 4) is 0 Å². The largest absolute Gasteiger partial charge is 0.385 e. The van der Waals surface area contributed by atoms with Gasteiger partial charge in [0.1, 0.15) is 11.4 Å². The predicted octanol–water partition coefficient (Wildman–Crippen LogP) is 1.31. The molecule has 2 rings (SSSR count). The molecule has 0 aliphatic carbocycles. The third-order valence-corrected chi connectivity index (χ3v) is 3.03. The fourth-order valence-corrected chi connectivity index (χ4v) is 1.78. The molecule has 2 atom stereocenters. The summed E-state index contributed by atoms with van der Waals surface area (Å²) in [6.45, 7) is 2.34. The molecule has 0 spiro atoms. The first-order valence-corrected chi connectivity index (χ1v) is 5.40. The number of anilines is 1. The topological polar surface area (TPSA) is 54.4 Å². The number of nitrogens with zero attached hydrogens (tertiary/aromatic N) is 1. The molecule has 2 N–H and O–H groups in total. The summed E-state index contributed by atoms with van der Waals surface area (Å²) in [4.78, 5) is 3.58. The molecule has 0 aromatic carbocycles. The van der Waals surface area contributed by atoms with Crippen LogP contribution in [0.4, 0.5) is 14.6 Å². The number of rotatable bonds is 3. The standard InChI is InChI=1S/C11H14F2N2O2/c1-7-11(16,2-3-17-7)6-15-10-9(13)4-8(12)5-14-10/h4-5,7,16H,2-3,6H2,1H3,(H,14,15). The molecule has 6 heteroatoms. The summed E-state index contributed by atoms with van der Waals surface area (Å²) in [5.74, 6) is -1.58. The SMILES string of the molecule is CC1OCCC1(O)CNc1ncc(F)cc1F. The highest BCUT2D eigenvalue weighted by molar-refractivity contribution is 5.36. The molecule has 1 aliphatic rings. The second-order valence-electron chi connectivity index (χ2n) is 4.20. The van der Waals surface area contributed by atoms with E-state index in [1.165, 1.54) is 0 Å². The van der Waals surface area contributed by atoms with Gasteiger partial charge in [0.25, 0.3) is 0 Å². The van der Waals surface area contributed by atoms with Crippen molar-refractivity contribution >= 4 is 5.82 Å². The first-order chi connectivity index (χ1) is 8.01. The molecule has 1 aromatic rings. The van der Waals surface area contributed by atoms with Crippen molar-refractivity contribution in [2.75, 3.05) is 18.5 Å². The number of ether oxygens (including phenoxy) is 1. The Morgan fingerprint density at radius 1 is 1.65 bits per heavy atom. The number of hydrogen-bond donors (Lipinski definition) is 2. The Bertz CT molecular complexity index is 416. The molecule has 2 heterocycles. The van der Waals surface area contributed by atoms with Crippen LogP contribution in [0.25, 0.3) is 0 Å². The van der Waals surface area contributed by atoms with Gasteiger partial charge in [0.15, 0.2) is 11.6 Å². The number of hydrogen-bond acceptors (Lipinski definition) is 4. The van der Waals surface area contributed by atoms with Crippen molar-refractivity contribution in [3.63, 3.8) is 0 Å². The minimum atomic E-state index is -1.04.